The fraction of sp³-hybridized carbons (Fsp3) is 1.00. The van der Waals surface area contributed by atoms with Crippen LogP contribution >= 0.6 is 0 Å². The molecule has 0 saturated heterocycles. The molecule has 0 bridgehead atoms. The Labute approximate surface area is 70.1 Å². The summed E-state index contributed by atoms with van der Waals surface area (Å²) in [4.78, 5) is 0. The Morgan fingerprint density at radius 2 is 1.82 bits per heavy atom. The van der Waals surface area contributed by atoms with Crippen LogP contribution in [-0.2, 0) is 4.74 Å². The second-order valence-corrected chi connectivity index (χ2v) is 3.88. The van der Waals surface area contributed by atoms with Crippen LogP contribution in [0.2, 0.25) is 0 Å². The lowest BCUT2D eigenvalue weighted by atomic mass is 9.79. The van der Waals surface area contributed by atoms with Gasteiger partial charge in [0.05, 0.1) is 6.61 Å². The van der Waals surface area contributed by atoms with Crippen LogP contribution in [0.1, 0.15) is 27.7 Å². The SMILES string of the molecule is COCC(C)C(C)(N)C(C)C. The predicted octanol–water partition coefficient (Wildman–Crippen LogP) is 1.64. The number of rotatable bonds is 4. The lowest BCUT2D eigenvalue weighted by Gasteiger charge is -2.35. The molecule has 0 heterocycles. The molecule has 2 nitrogen and oxygen atoms in total. The standard InChI is InChI=1S/C9H21NO/c1-7(2)9(4,10)8(3)6-11-5/h7-8H,6,10H2,1-5H3. The van der Waals surface area contributed by atoms with Gasteiger partial charge < -0.3 is 10.5 Å². The molecule has 0 rings (SSSR count). The molecule has 0 amide bonds. The molecule has 0 radical (unpaired) electrons. The van der Waals surface area contributed by atoms with Gasteiger partial charge in [-0.15, -0.1) is 0 Å². The Hall–Kier alpha value is -0.0800. The van der Waals surface area contributed by atoms with Crippen LogP contribution in [0, 0.1) is 11.8 Å². The number of ether oxygens (including phenoxy) is 1. The first-order valence-corrected chi connectivity index (χ1v) is 4.20. The Kier molecular flexibility index (Phi) is 4.04. The fourth-order valence-electron chi connectivity index (χ4n) is 0.999. The van der Waals surface area contributed by atoms with Crippen molar-refractivity contribution >= 4 is 0 Å². The van der Waals surface area contributed by atoms with Crippen LogP contribution in [0.4, 0.5) is 0 Å². The minimum absolute atomic E-state index is 0.115. The van der Waals surface area contributed by atoms with Gasteiger partial charge in [-0.2, -0.15) is 0 Å². The normalized spacial score (nSPS) is 19.9. The van der Waals surface area contributed by atoms with Gasteiger partial charge >= 0.3 is 0 Å². The summed E-state index contributed by atoms with van der Waals surface area (Å²) in [5.41, 5.74) is 5.99. The third-order valence-electron chi connectivity index (χ3n) is 2.72. The zero-order chi connectivity index (χ0) is 9.07. The first kappa shape index (κ1) is 10.9. The topological polar surface area (TPSA) is 35.2 Å². The Morgan fingerprint density at radius 1 is 1.36 bits per heavy atom. The molecule has 0 aliphatic rings. The largest absolute Gasteiger partial charge is 0.384 e. The monoisotopic (exact) mass is 159 g/mol. The molecular formula is C9H21NO. The van der Waals surface area contributed by atoms with Gasteiger partial charge in [0.2, 0.25) is 0 Å². The summed E-state index contributed by atoms with van der Waals surface area (Å²) in [6.07, 6.45) is 0. The van der Waals surface area contributed by atoms with Gasteiger partial charge in [0.25, 0.3) is 0 Å². The van der Waals surface area contributed by atoms with Crippen molar-refractivity contribution in [2.75, 3.05) is 13.7 Å². The van der Waals surface area contributed by atoms with Gasteiger partial charge in [-0.05, 0) is 18.8 Å². The molecule has 2 atom stereocenters. The molecule has 0 fully saturated rings. The first-order valence-electron chi connectivity index (χ1n) is 4.20. The predicted molar refractivity (Wildman–Crippen MR) is 48.5 cm³/mol. The molecule has 0 aromatic rings. The van der Waals surface area contributed by atoms with Crippen molar-refractivity contribution in [3.63, 3.8) is 0 Å². The van der Waals surface area contributed by atoms with E-state index in [1.54, 1.807) is 7.11 Å². The highest BCUT2D eigenvalue weighted by Gasteiger charge is 2.29. The highest BCUT2D eigenvalue weighted by molar-refractivity contribution is 4.87. The van der Waals surface area contributed by atoms with Crippen molar-refractivity contribution in [3.05, 3.63) is 0 Å². The van der Waals surface area contributed by atoms with E-state index in [2.05, 4.69) is 27.7 Å². The Bertz CT molecular complexity index is 110. The van der Waals surface area contributed by atoms with E-state index in [1.165, 1.54) is 0 Å². The summed E-state index contributed by atoms with van der Waals surface area (Å²) in [6.45, 7) is 9.24. The molecule has 2 N–H and O–H groups in total. The molecule has 11 heavy (non-hydrogen) atoms. The number of hydrogen-bond donors (Lipinski definition) is 1. The smallest absolute Gasteiger partial charge is 0.0505 e. The molecule has 0 aromatic heterocycles. The van der Waals surface area contributed by atoms with E-state index < -0.39 is 0 Å². The fourth-order valence-corrected chi connectivity index (χ4v) is 0.999. The van der Waals surface area contributed by atoms with E-state index in [4.69, 9.17) is 10.5 Å². The third-order valence-corrected chi connectivity index (χ3v) is 2.72. The molecule has 0 aromatic carbocycles. The summed E-state index contributed by atoms with van der Waals surface area (Å²) in [7, 11) is 1.72. The molecule has 0 spiro atoms. The Morgan fingerprint density at radius 3 is 2.09 bits per heavy atom. The first-order chi connectivity index (χ1) is 4.92. The lowest BCUT2D eigenvalue weighted by Crippen LogP contribution is -2.49. The summed E-state index contributed by atoms with van der Waals surface area (Å²) in [6, 6.07) is 0. The van der Waals surface area contributed by atoms with Crippen molar-refractivity contribution < 1.29 is 4.74 Å². The van der Waals surface area contributed by atoms with Crippen LogP contribution in [0.3, 0.4) is 0 Å². The second kappa shape index (κ2) is 4.07. The van der Waals surface area contributed by atoms with E-state index >= 15 is 0 Å². The zero-order valence-corrected chi connectivity index (χ0v) is 8.35. The maximum atomic E-state index is 6.11. The highest BCUT2D eigenvalue weighted by atomic mass is 16.5. The maximum Gasteiger partial charge on any atom is 0.0505 e. The van der Waals surface area contributed by atoms with Crippen LogP contribution in [-0.4, -0.2) is 19.3 Å². The van der Waals surface area contributed by atoms with E-state index in [-0.39, 0.29) is 5.54 Å². The molecular weight excluding hydrogens is 138 g/mol. The van der Waals surface area contributed by atoms with Gasteiger partial charge in [0.15, 0.2) is 0 Å². The van der Waals surface area contributed by atoms with Crippen molar-refractivity contribution in [2.45, 2.75) is 33.2 Å². The average Bonchev–Trinajstić information content (AvgIpc) is 1.88. The van der Waals surface area contributed by atoms with E-state index in [0.29, 0.717) is 11.8 Å². The minimum atomic E-state index is -0.115. The van der Waals surface area contributed by atoms with E-state index in [0.717, 1.165) is 6.61 Å². The number of nitrogens with two attached hydrogens (primary N) is 1. The van der Waals surface area contributed by atoms with Gasteiger partial charge in [0.1, 0.15) is 0 Å². The van der Waals surface area contributed by atoms with Crippen LogP contribution < -0.4 is 5.73 Å². The summed E-state index contributed by atoms with van der Waals surface area (Å²) >= 11 is 0. The molecule has 0 aliphatic heterocycles. The van der Waals surface area contributed by atoms with Gasteiger partial charge in [0, 0.05) is 12.6 Å². The molecule has 68 valence electrons. The third kappa shape index (κ3) is 2.80. The molecule has 2 heteroatoms. The zero-order valence-electron chi connectivity index (χ0n) is 8.35. The molecule has 0 saturated carbocycles. The van der Waals surface area contributed by atoms with Crippen molar-refractivity contribution in [1.29, 1.82) is 0 Å². The van der Waals surface area contributed by atoms with E-state index in [9.17, 15) is 0 Å². The van der Waals surface area contributed by atoms with Crippen molar-refractivity contribution in [3.8, 4) is 0 Å². The molecule has 0 aliphatic carbocycles. The van der Waals surface area contributed by atoms with Crippen molar-refractivity contribution in [1.82, 2.24) is 0 Å². The lowest BCUT2D eigenvalue weighted by molar-refractivity contribution is 0.102. The van der Waals surface area contributed by atoms with Gasteiger partial charge in [-0.25, -0.2) is 0 Å². The van der Waals surface area contributed by atoms with Gasteiger partial charge in [-0.3, -0.25) is 0 Å². The minimum Gasteiger partial charge on any atom is -0.384 e. The van der Waals surface area contributed by atoms with E-state index in [1.807, 2.05) is 0 Å². The highest BCUT2D eigenvalue weighted by Crippen LogP contribution is 2.22. The Balaban J connectivity index is 4.05. The van der Waals surface area contributed by atoms with Crippen LogP contribution in [0.15, 0.2) is 0 Å². The summed E-state index contributed by atoms with van der Waals surface area (Å²) in [5.74, 6) is 0.903. The maximum absolute atomic E-state index is 6.11. The number of hydrogen-bond acceptors (Lipinski definition) is 2. The summed E-state index contributed by atoms with van der Waals surface area (Å²) in [5, 5.41) is 0. The summed E-state index contributed by atoms with van der Waals surface area (Å²) < 4.78 is 5.06. The average molecular weight is 159 g/mol. The van der Waals surface area contributed by atoms with Crippen LogP contribution in [0.5, 0.6) is 0 Å². The van der Waals surface area contributed by atoms with Gasteiger partial charge in [-0.1, -0.05) is 20.8 Å². The molecule has 2 unspecified atom stereocenters. The quantitative estimate of drug-likeness (QED) is 0.677. The van der Waals surface area contributed by atoms with Crippen LogP contribution in [0.25, 0.3) is 0 Å². The number of methoxy groups -OCH3 is 1. The van der Waals surface area contributed by atoms with Crippen molar-refractivity contribution in [2.24, 2.45) is 17.6 Å². The second-order valence-electron chi connectivity index (χ2n) is 3.88.